The molecule has 0 aliphatic heterocycles. The minimum Gasteiger partial charge on any atom is -0.365 e. The van der Waals surface area contributed by atoms with E-state index in [2.05, 4.69) is 16.7 Å². The summed E-state index contributed by atoms with van der Waals surface area (Å²) in [5, 5.41) is 1.01. The van der Waals surface area contributed by atoms with Gasteiger partial charge in [-0.25, -0.2) is 0 Å². The Morgan fingerprint density at radius 1 is 0.364 bits per heavy atom. The number of aromatic nitrogens is 1. The van der Waals surface area contributed by atoms with Crippen LogP contribution in [0.25, 0.3) is 10.9 Å². The number of hydrogen-bond acceptors (Lipinski definition) is 1. The molecule has 0 radical (unpaired) electrons. The molecule has 7 rings (SSSR count). The summed E-state index contributed by atoms with van der Waals surface area (Å²) in [4.78, 5) is 11.5. The number of benzene rings is 6. The Hall–Kier alpha value is -7.42. The second-order valence-corrected chi connectivity index (χ2v) is 17.0. The average molecular weight is 1130 g/mol. The molecule has 0 spiro atoms. The molecule has 2 N–H and O–H groups in total. The van der Waals surface area contributed by atoms with Crippen molar-refractivity contribution >= 4 is 44.8 Å². The van der Waals surface area contributed by atoms with Crippen molar-refractivity contribution in [3.8, 4) is 0 Å². The summed E-state index contributed by atoms with van der Waals surface area (Å²) in [7, 11) is 0. The molecular weight excluding hydrogens is 1100 g/mol. The Balaban J connectivity index is 0.000000397. The lowest BCUT2D eigenvalue weighted by atomic mass is 9.12. The largest absolute Gasteiger partial charge is 0.416 e. The molecule has 0 bridgehead atoms. The van der Waals surface area contributed by atoms with Crippen LogP contribution < -0.4 is 32.2 Å². The minimum atomic E-state index is -6.13. The highest BCUT2D eigenvalue weighted by atomic mass is 19.4. The van der Waals surface area contributed by atoms with E-state index in [9.17, 15) is 110 Å². The Kier molecular flexibility index (Phi) is 15.4. The van der Waals surface area contributed by atoms with Gasteiger partial charge in [0.25, 0.3) is 5.91 Å². The highest BCUT2D eigenvalue weighted by Gasteiger charge is 2.47. The van der Waals surface area contributed by atoms with Gasteiger partial charge < -0.3 is 5.73 Å². The number of fused-ring (bicyclic) bond motifs is 1. The zero-order chi connectivity index (χ0) is 57.9. The number of carbonyl (C=O) groups excluding carboxylic acids is 1. The predicted molar refractivity (Wildman–Crippen MR) is 228 cm³/mol. The molecule has 0 saturated carbocycles. The fraction of sp³-hybridized carbons (Fsp3) is 0.184. The van der Waals surface area contributed by atoms with E-state index in [-0.39, 0.29) is 0 Å². The fourth-order valence-corrected chi connectivity index (χ4v) is 8.43. The lowest BCUT2D eigenvalue weighted by Gasteiger charge is -2.46. The lowest BCUT2D eigenvalue weighted by molar-refractivity contribution is -0.662. The van der Waals surface area contributed by atoms with Crippen LogP contribution in [0.4, 0.5) is 105 Å². The third kappa shape index (κ3) is 13.2. The van der Waals surface area contributed by atoms with Crippen LogP contribution in [-0.4, -0.2) is 12.1 Å². The van der Waals surface area contributed by atoms with E-state index in [4.69, 9.17) is 5.73 Å². The molecule has 0 unspecified atom stereocenters. The van der Waals surface area contributed by atoms with Crippen LogP contribution in [-0.2, 0) is 56.0 Å². The summed E-state index contributed by atoms with van der Waals surface area (Å²) in [6, 6.07) is 11.2. The molecule has 0 fully saturated rings. The minimum absolute atomic E-state index is 0.405. The summed E-state index contributed by atoms with van der Waals surface area (Å²) < 4.78 is 343. The van der Waals surface area contributed by atoms with Crippen LogP contribution in [0.2, 0.25) is 0 Å². The maximum atomic E-state index is 14.2. The first-order valence-electron chi connectivity index (χ1n) is 21.1. The summed E-state index contributed by atoms with van der Waals surface area (Å²) in [5.74, 6) is -0.405. The maximum Gasteiger partial charge on any atom is 0.416 e. The number of para-hydroxylation sites is 1. The van der Waals surface area contributed by atoms with E-state index in [0.717, 1.165) is 10.9 Å². The van der Waals surface area contributed by atoms with Crippen molar-refractivity contribution in [2.75, 3.05) is 0 Å². The predicted octanol–water partition coefficient (Wildman–Crippen LogP) is 13.5. The van der Waals surface area contributed by atoms with Gasteiger partial charge in [-0.15, -0.1) is 0 Å². The molecule has 1 aromatic heterocycles. The first-order valence-corrected chi connectivity index (χ1v) is 21.1. The summed E-state index contributed by atoms with van der Waals surface area (Å²) >= 11 is 0. The molecule has 0 aliphatic rings. The number of primary amides is 1. The zero-order valence-electron chi connectivity index (χ0n) is 37.6. The molecule has 6 aromatic carbocycles. The standard InChI is InChI=1S/C32H12BF24.C17H14N2O/c34-25(35,36)13-1-14(26(37,38)39)6-21(5-13)33(22-7-15(27(40,41)42)2-16(8-22)28(43,44)45,23-9-17(29(46,47)48)3-18(10-23)30(49,50)51)24-11-19(31(52,53)54)4-20(12-24)32(55,56)57;18-17(20)15-10-14-8-4-5-9-16(14)19(12-15)11-13-6-2-1-3-7-13/h1-12H;1-10,12H,11H2,(H-,18,20)/q-1;/p+1. The number of hydrogen-bond donors (Lipinski definition) is 1. The van der Waals surface area contributed by atoms with Crippen LogP contribution >= 0.6 is 0 Å². The van der Waals surface area contributed by atoms with Crippen LogP contribution in [0.1, 0.15) is 60.4 Å². The van der Waals surface area contributed by atoms with Crippen molar-refractivity contribution in [3.63, 3.8) is 0 Å². The van der Waals surface area contributed by atoms with Gasteiger partial charge in [-0.05, 0) is 36.4 Å². The molecule has 7 aromatic rings. The van der Waals surface area contributed by atoms with Gasteiger partial charge in [-0.2, -0.15) is 132 Å². The highest BCUT2D eigenvalue weighted by molar-refractivity contribution is 7.20. The van der Waals surface area contributed by atoms with Crippen molar-refractivity contribution in [1.82, 2.24) is 0 Å². The number of carbonyl (C=O) groups is 1. The first-order chi connectivity index (χ1) is 35.0. The van der Waals surface area contributed by atoms with Crippen molar-refractivity contribution in [3.05, 3.63) is 195 Å². The van der Waals surface area contributed by atoms with E-state index >= 15 is 0 Å². The smallest absolute Gasteiger partial charge is 0.365 e. The second-order valence-electron chi connectivity index (χ2n) is 17.0. The third-order valence-corrected chi connectivity index (χ3v) is 11.8. The summed E-state index contributed by atoms with van der Waals surface area (Å²) in [6.07, 6.45) is -53.0. The van der Waals surface area contributed by atoms with Crippen molar-refractivity contribution in [1.29, 1.82) is 0 Å². The molecule has 1 amide bonds. The van der Waals surface area contributed by atoms with Gasteiger partial charge in [0.2, 0.25) is 5.52 Å². The van der Waals surface area contributed by atoms with Crippen LogP contribution in [0.5, 0.6) is 0 Å². The molecule has 1 heterocycles. The first kappa shape index (κ1) is 58.8. The van der Waals surface area contributed by atoms with Gasteiger partial charge in [0.1, 0.15) is 11.7 Å². The lowest BCUT2D eigenvalue weighted by Crippen LogP contribution is -2.75. The Labute approximate surface area is 416 Å². The monoisotopic (exact) mass is 1130 g/mol. The number of alkyl halides is 24. The van der Waals surface area contributed by atoms with E-state index in [0.29, 0.717) is 12.1 Å². The van der Waals surface area contributed by atoms with Gasteiger partial charge >= 0.3 is 49.4 Å². The average Bonchev–Trinajstić information content (AvgIpc) is 3.30. The maximum absolute atomic E-state index is 14.2. The van der Waals surface area contributed by atoms with Crippen LogP contribution in [0.15, 0.2) is 140 Å². The highest BCUT2D eigenvalue weighted by Crippen LogP contribution is 2.41. The quantitative estimate of drug-likeness (QED) is 0.0965. The van der Waals surface area contributed by atoms with Crippen molar-refractivity contribution < 1.29 is 115 Å². The second kappa shape index (κ2) is 20.2. The van der Waals surface area contributed by atoms with E-state index in [1.807, 2.05) is 54.7 Å². The number of halogens is 24. The van der Waals surface area contributed by atoms with Crippen LogP contribution in [0.3, 0.4) is 0 Å². The van der Waals surface area contributed by atoms with Gasteiger partial charge in [0, 0.05) is 17.0 Å². The van der Waals surface area contributed by atoms with Gasteiger partial charge in [-0.3, -0.25) is 4.79 Å². The summed E-state index contributed by atoms with van der Waals surface area (Å²) in [5.41, 5.74) is -22.0. The molecule has 3 nitrogen and oxygen atoms in total. The van der Waals surface area contributed by atoms with Gasteiger partial charge in [-0.1, -0.05) is 91.0 Å². The van der Waals surface area contributed by atoms with Gasteiger partial charge in [0.15, 0.2) is 12.7 Å². The van der Waals surface area contributed by atoms with Gasteiger partial charge in [0.05, 0.1) is 44.5 Å². The third-order valence-electron chi connectivity index (χ3n) is 11.8. The molecule has 0 saturated heterocycles. The van der Waals surface area contributed by atoms with Crippen molar-refractivity contribution in [2.24, 2.45) is 5.73 Å². The number of pyridine rings is 1. The molecule has 0 aliphatic carbocycles. The number of nitrogens with zero attached hydrogens (tertiary/aromatic N) is 1. The molecule has 28 heteroatoms. The molecular formula is C49H27BF24N2O. The number of amides is 1. The van der Waals surface area contributed by atoms with E-state index < -0.39 is 201 Å². The Morgan fingerprint density at radius 3 is 0.883 bits per heavy atom. The fourth-order valence-electron chi connectivity index (χ4n) is 8.43. The van der Waals surface area contributed by atoms with Crippen LogP contribution in [0, 0.1) is 0 Å². The Bertz CT molecular complexity index is 2870. The SMILES string of the molecule is FC(F)(F)c1cc([B-](c2cc(C(F)(F)F)cc(C(F)(F)F)c2)(c2cc(C(F)(F)F)cc(C(F)(F)F)c2)c2cc(C(F)(F)F)cc(C(F)(F)F)c2)cc(C(F)(F)F)c1.NC(=O)c1cc2ccccc2[n+](Cc2ccccc2)c1. The molecule has 410 valence electrons. The van der Waals surface area contributed by atoms with E-state index in [1.165, 1.54) is 5.56 Å². The Morgan fingerprint density at radius 2 is 0.623 bits per heavy atom. The zero-order valence-corrected chi connectivity index (χ0v) is 37.6. The topological polar surface area (TPSA) is 47.0 Å². The van der Waals surface area contributed by atoms with E-state index in [1.54, 1.807) is 0 Å². The normalized spacial score (nSPS) is 13.4. The number of nitrogens with two attached hydrogens (primary N) is 1. The van der Waals surface area contributed by atoms with Crippen molar-refractivity contribution in [2.45, 2.75) is 56.0 Å². The molecule has 0 atom stereocenters. The number of rotatable bonds is 7. The summed E-state index contributed by atoms with van der Waals surface area (Å²) in [6.45, 7) is 0.711. The molecule has 77 heavy (non-hydrogen) atoms.